The van der Waals surface area contributed by atoms with Gasteiger partial charge in [-0.3, -0.25) is 10.2 Å². The smallest absolute Gasteiger partial charge is 0.407 e. The largest absolute Gasteiger partial charge is 0.445 e. The molecule has 154 valence electrons. The van der Waals surface area contributed by atoms with Crippen molar-refractivity contribution in [1.82, 2.24) is 9.88 Å². The van der Waals surface area contributed by atoms with E-state index >= 15 is 0 Å². The molecule has 0 radical (unpaired) electrons. The summed E-state index contributed by atoms with van der Waals surface area (Å²) in [5.41, 5.74) is 7.21. The Balaban J connectivity index is 1.40. The van der Waals surface area contributed by atoms with Crippen LogP contribution < -0.4 is 16.3 Å². The summed E-state index contributed by atoms with van der Waals surface area (Å²) >= 11 is 0. The van der Waals surface area contributed by atoms with E-state index in [2.05, 4.69) is 15.8 Å². The number of carbonyl (C=O) groups excluding carboxylic acids is 1. The zero-order chi connectivity index (χ0) is 20.9. The molecule has 0 saturated heterocycles. The van der Waals surface area contributed by atoms with Crippen molar-refractivity contribution < 1.29 is 9.53 Å². The lowest BCUT2D eigenvalue weighted by atomic mass is 10.0. The van der Waals surface area contributed by atoms with Gasteiger partial charge in [-0.1, -0.05) is 48.5 Å². The molecule has 1 aromatic heterocycles. The maximum Gasteiger partial charge on any atom is 0.407 e. The summed E-state index contributed by atoms with van der Waals surface area (Å²) in [4.78, 5) is 25.0. The van der Waals surface area contributed by atoms with Crippen LogP contribution in [0.2, 0.25) is 0 Å². The zero-order valence-electron chi connectivity index (χ0n) is 16.9. The minimum atomic E-state index is -0.461. The molecular weight excluding hydrogens is 380 g/mol. The Bertz CT molecular complexity index is 1150. The molecule has 7 nitrogen and oxygen atoms in total. The number of fused-ring (bicyclic) bond motifs is 3. The Morgan fingerprint density at radius 3 is 2.77 bits per heavy atom. The van der Waals surface area contributed by atoms with Crippen molar-refractivity contribution in [2.45, 2.75) is 32.9 Å². The van der Waals surface area contributed by atoms with Crippen molar-refractivity contribution in [2.24, 2.45) is 5.10 Å². The Hall–Kier alpha value is -3.61. The highest BCUT2D eigenvalue weighted by atomic mass is 16.5. The molecule has 2 N–H and O–H groups in total. The van der Waals surface area contributed by atoms with Crippen molar-refractivity contribution in [3.05, 3.63) is 76.1 Å². The minimum Gasteiger partial charge on any atom is -0.445 e. The molecule has 3 aromatic rings. The fraction of sp³-hybridized carbons (Fsp3) is 0.261. The zero-order valence-corrected chi connectivity index (χ0v) is 16.9. The minimum absolute atomic E-state index is 0.0166. The maximum atomic E-state index is 13.1. The number of para-hydroxylation sites is 1. The van der Waals surface area contributed by atoms with Crippen LogP contribution in [-0.2, 0) is 24.3 Å². The molecule has 0 atom stereocenters. The van der Waals surface area contributed by atoms with Gasteiger partial charge >= 0.3 is 6.09 Å². The molecule has 0 bridgehead atoms. The van der Waals surface area contributed by atoms with E-state index in [-0.39, 0.29) is 12.2 Å². The van der Waals surface area contributed by atoms with E-state index in [1.54, 1.807) is 4.57 Å². The molecule has 0 spiro atoms. The number of nitrogens with zero attached hydrogens (tertiary/aromatic N) is 2. The second-order valence-electron chi connectivity index (χ2n) is 7.31. The number of nitrogens with one attached hydrogen (secondary N) is 2. The number of carbonyl (C=O) groups is 1. The molecule has 2 heterocycles. The van der Waals surface area contributed by atoms with Gasteiger partial charge in [-0.25, -0.2) is 4.79 Å². The number of pyridine rings is 1. The first-order valence-corrected chi connectivity index (χ1v) is 10.0. The van der Waals surface area contributed by atoms with Gasteiger partial charge in [0, 0.05) is 36.2 Å². The number of rotatable bonds is 6. The summed E-state index contributed by atoms with van der Waals surface area (Å²) in [6.45, 7) is 3.06. The third-order valence-corrected chi connectivity index (χ3v) is 5.10. The van der Waals surface area contributed by atoms with Crippen LogP contribution in [0.4, 0.5) is 10.5 Å². The monoisotopic (exact) mass is 404 g/mol. The summed E-state index contributed by atoms with van der Waals surface area (Å²) in [5, 5.41) is 8.01. The number of anilines is 1. The van der Waals surface area contributed by atoms with E-state index < -0.39 is 6.09 Å². The van der Waals surface area contributed by atoms with Crippen LogP contribution in [0, 0.1) is 0 Å². The van der Waals surface area contributed by atoms with Crippen molar-refractivity contribution in [3.8, 4) is 0 Å². The quantitative estimate of drug-likeness (QED) is 0.614. The predicted octanol–water partition coefficient (Wildman–Crippen LogP) is 3.66. The van der Waals surface area contributed by atoms with Gasteiger partial charge in [0.25, 0.3) is 5.56 Å². The summed E-state index contributed by atoms with van der Waals surface area (Å²) in [7, 11) is 0. The van der Waals surface area contributed by atoms with Crippen molar-refractivity contribution >= 4 is 28.4 Å². The summed E-state index contributed by atoms with van der Waals surface area (Å²) in [6, 6.07) is 17.3. The number of hydrogen-bond acceptors (Lipinski definition) is 5. The molecule has 1 aliphatic heterocycles. The van der Waals surface area contributed by atoms with Gasteiger partial charge in [0.05, 0.1) is 11.2 Å². The first-order chi connectivity index (χ1) is 14.6. The van der Waals surface area contributed by atoms with Crippen LogP contribution in [0.15, 0.2) is 64.5 Å². The Kier molecular flexibility index (Phi) is 5.79. The number of ether oxygens (including phenoxy) is 1. The number of aryl methyl sites for hydroxylation is 1. The van der Waals surface area contributed by atoms with Crippen LogP contribution in [0.25, 0.3) is 10.9 Å². The van der Waals surface area contributed by atoms with Gasteiger partial charge < -0.3 is 14.6 Å². The normalized spacial score (nSPS) is 12.6. The van der Waals surface area contributed by atoms with Crippen LogP contribution in [0.5, 0.6) is 0 Å². The predicted molar refractivity (Wildman–Crippen MR) is 118 cm³/mol. The van der Waals surface area contributed by atoms with E-state index in [1.165, 1.54) is 0 Å². The van der Waals surface area contributed by atoms with Crippen molar-refractivity contribution in [2.75, 3.05) is 12.0 Å². The van der Waals surface area contributed by atoms with Gasteiger partial charge in [0.1, 0.15) is 6.61 Å². The number of aromatic nitrogens is 1. The summed E-state index contributed by atoms with van der Waals surface area (Å²) in [5.74, 6) is 0. The highest BCUT2D eigenvalue weighted by molar-refractivity contribution is 5.98. The van der Waals surface area contributed by atoms with Gasteiger partial charge in [-0.05, 0) is 25.0 Å². The second-order valence-corrected chi connectivity index (χ2v) is 7.31. The van der Waals surface area contributed by atoms with Crippen LogP contribution >= 0.6 is 0 Å². The molecule has 0 aliphatic carbocycles. The lowest BCUT2D eigenvalue weighted by molar-refractivity contribution is 0.139. The van der Waals surface area contributed by atoms with E-state index in [1.807, 2.05) is 61.5 Å². The maximum absolute atomic E-state index is 13.1. The number of alkyl carbamates (subject to hydrolysis) is 1. The van der Waals surface area contributed by atoms with Gasteiger partial charge in [-0.2, -0.15) is 5.10 Å². The molecule has 1 amide bonds. The molecule has 30 heavy (non-hydrogen) atoms. The first-order valence-electron chi connectivity index (χ1n) is 10.0. The highest BCUT2D eigenvalue weighted by Gasteiger charge is 2.19. The van der Waals surface area contributed by atoms with Crippen molar-refractivity contribution in [1.29, 1.82) is 0 Å². The lowest BCUT2D eigenvalue weighted by Crippen LogP contribution is -2.31. The number of hydrazone groups is 1. The average molecular weight is 404 g/mol. The van der Waals surface area contributed by atoms with E-state index in [9.17, 15) is 9.59 Å². The molecule has 0 saturated carbocycles. The van der Waals surface area contributed by atoms with Crippen LogP contribution in [0.3, 0.4) is 0 Å². The molecule has 4 rings (SSSR count). The van der Waals surface area contributed by atoms with E-state index in [4.69, 9.17) is 4.74 Å². The Labute approximate surface area is 174 Å². The van der Waals surface area contributed by atoms with E-state index in [0.29, 0.717) is 25.9 Å². The van der Waals surface area contributed by atoms with Crippen LogP contribution in [0.1, 0.15) is 24.5 Å². The molecule has 7 heteroatoms. The van der Waals surface area contributed by atoms with Crippen LogP contribution in [-0.4, -0.2) is 22.9 Å². The highest BCUT2D eigenvalue weighted by Crippen LogP contribution is 2.28. The molecule has 2 aromatic carbocycles. The average Bonchev–Trinajstić information content (AvgIpc) is 2.78. The summed E-state index contributed by atoms with van der Waals surface area (Å²) < 4.78 is 7.00. The molecular formula is C23H24N4O3. The SMILES string of the molecule is CC1=NNc2c(c(=O)n(CCCNC(=O)OCc3ccccc3)c3ccccc23)C1. The molecule has 0 fully saturated rings. The van der Waals surface area contributed by atoms with Crippen molar-refractivity contribution in [3.63, 3.8) is 0 Å². The summed E-state index contributed by atoms with van der Waals surface area (Å²) in [6.07, 6.45) is 0.692. The van der Waals surface area contributed by atoms with E-state index in [0.717, 1.165) is 33.4 Å². The fourth-order valence-corrected chi connectivity index (χ4v) is 3.62. The Morgan fingerprint density at radius 2 is 1.93 bits per heavy atom. The second kappa shape index (κ2) is 8.82. The number of benzene rings is 2. The fourth-order valence-electron chi connectivity index (χ4n) is 3.62. The topological polar surface area (TPSA) is 84.7 Å². The third kappa shape index (κ3) is 4.20. The standard InChI is InChI=1S/C23H24N4O3/c1-16-14-19-21(26-25-16)18-10-5-6-11-20(18)27(22(19)28)13-7-12-24-23(29)30-15-17-8-3-2-4-9-17/h2-6,8-11,26H,7,12-15H2,1H3,(H,24,29). The van der Waals surface area contributed by atoms with Gasteiger partial charge in [-0.15, -0.1) is 0 Å². The Morgan fingerprint density at radius 1 is 1.17 bits per heavy atom. The van der Waals surface area contributed by atoms with Gasteiger partial charge in [0.2, 0.25) is 0 Å². The molecule has 1 aliphatic rings. The first kappa shape index (κ1) is 19.7. The lowest BCUT2D eigenvalue weighted by Gasteiger charge is -2.20. The number of amides is 1. The van der Waals surface area contributed by atoms with Gasteiger partial charge in [0.15, 0.2) is 0 Å². The number of hydrogen-bond donors (Lipinski definition) is 2. The molecule has 0 unspecified atom stereocenters. The third-order valence-electron chi connectivity index (χ3n) is 5.10.